The molecule has 0 spiro atoms. The standard InChI is InChI=1S/C16H14OS/c1-18-15-9-5-8-14(12-15)16(17)11-10-13-6-3-2-4-7-13/h2-12H,1H3. The van der Waals surface area contributed by atoms with Crippen molar-refractivity contribution in [2.24, 2.45) is 0 Å². The SMILES string of the molecule is CSc1cccc(C(=O)C=Cc2ccccc2)c1. The summed E-state index contributed by atoms with van der Waals surface area (Å²) < 4.78 is 0. The van der Waals surface area contributed by atoms with Crippen molar-refractivity contribution >= 4 is 23.6 Å². The molecule has 0 aromatic heterocycles. The molecule has 2 heteroatoms. The first-order valence-electron chi connectivity index (χ1n) is 5.71. The summed E-state index contributed by atoms with van der Waals surface area (Å²) in [6.07, 6.45) is 5.46. The first-order chi connectivity index (χ1) is 8.79. The van der Waals surface area contributed by atoms with Gasteiger partial charge in [-0.25, -0.2) is 0 Å². The van der Waals surface area contributed by atoms with Crippen LogP contribution >= 0.6 is 11.8 Å². The predicted octanol–water partition coefficient (Wildman–Crippen LogP) is 4.30. The molecule has 0 bridgehead atoms. The Morgan fingerprint density at radius 2 is 1.83 bits per heavy atom. The van der Waals surface area contributed by atoms with Crippen LogP contribution in [0.2, 0.25) is 0 Å². The van der Waals surface area contributed by atoms with Gasteiger partial charge in [-0.2, -0.15) is 0 Å². The summed E-state index contributed by atoms with van der Waals surface area (Å²) in [5.41, 5.74) is 1.76. The molecule has 0 radical (unpaired) electrons. The molecule has 0 aliphatic rings. The van der Waals surface area contributed by atoms with Crippen LogP contribution in [0.3, 0.4) is 0 Å². The fraction of sp³-hybridized carbons (Fsp3) is 0.0625. The van der Waals surface area contributed by atoms with E-state index in [2.05, 4.69) is 0 Å². The molecule has 18 heavy (non-hydrogen) atoms. The fourth-order valence-electron chi connectivity index (χ4n) is 1.61. The third kappa shape index (κ3) is 3.34. The Balaban J connectivity index is 2.14. The van der Waals surface area contributed by atoms with Gasteiger partial charge in [0.15, 0.2) is 5.78 Å². The second-order valence-corrected chi connectivity index (χ2v) is 4.72. The van der Waals surface area contributed by atoms with E-state index in [0.29, 0.717) is 0 Å². The first-order valence-corrected chi connectivity index (χ1v) is 6.93. The average Bonchev–Trinajstić information content (AvgIpc) is 2.46. The highest BCUT2D eigenvalue weighted by Crippen LogP contribution is 2.16. The lowest BCUT2D eigenvalue weighted by atomic mass is 10.1. The monoisotopic (exact) mass is 254 g/mol. The average molecular weight is 254 g/mol. The van der Waals surface area contributed by atoms with Crippen molar-refractivity contribution in [3.8, 4) is 0 Å². The van der Waals surface area contributed by atoms with E-state index in [9.17, 15) is 4.79 Å². The lowest BCUT2D eigenvalue weighted by Gasteiger charge is -1.99. The van der Waals surface area contributed by atoms with Crippen LogP contribution in [-0.4, -0.2) is 12.0 Å². The summed E-state index contributed by atoms with van der Waals surface area (Å²) in [5, 5.41) is 0. The molecule has 0 N–H and O–H groups in total. The summed E-state index contributed by atoms with van der Waals surface area (Å²) >= 11 is 1.64. The van der Waals surface area contributed by atoms with Gasteiger partial charge in [0.05, 0.1) is 0 Å². The Labute approximate surface area is 112 Å². The van der Waals surface area contributed by atoms with Gasteiger partial charge in [0.2, 0.25) is 0 Å². The lowest BCUT2D eigenvalue weighted by Crippen LogP contribution is -1.93. The largest absolute Gasteiger partial charge is 0.289 e. The fourth-order valence-corrected chi connectivity index (χ4v) is 2.07. The Morgan fingerprint density at radius 1 is 1.06 bits per heavy atom. The molecule has 1 nitrogen and oxygen atoms in total. The Bertz CT molecular complexity index is 558. The highest BCUT2D eigenvalue weighted by Gasteiger charge is 2.02. The number of allylic oxidation sites excluding steroid dienone is 1. The molecule has 0 amide bonds. The molecule has 0 heterocycles. The van der Waals surface area contributed by atoms with Crippen LogP contribution in [0, 0.1) is 0 Å². The molecule has 0 saturated heterocycles. The maximum atomic E-state index is 12.0. The quantitative estimate of drug-likeness (QED) is 0.459. The van der Waals surface area contributed by atoms with E-state index in [1.54, 1.807) is 17.8 Å². The van der Waals surface area contributed by atoms with Crippen molar-refractivity contribution < 1.29 is 4.79 Å². The van der Waals surface area contributed by atoms with E-state index < -0.39 is 0 Å². The number of carbonyl (C=O) groups is 1. The van der Waals surface area contributed by atoms with E-state index in [0.717, 1.165) is 16.0 Å². The number of benzene rings is 2. The van der Waals surface area contributed by atoms with Gasteiger partial charge in [0.1, 0.15) is 0 Å². The topological polar surface area (TPSA) is 17.1 Å². The zero-order valence-corrected chi connectivity index (χ0v) is 11.0. The van der Waals surface area contributed by atoms with Crippen molar-refractivity contribution in [2.45, 2.75) is 4.90 Å². The van der Waals surface area contributed by atoms with Gasteiger partial charge in [0.25, 0.3) is 0 Å². The Morgan fingerprint density at radius 3 is 2.56 bits per heavy atom. The molecular formula is C16H14OS. The molecule has 2 aromatic carbocycles. The minimum atomic E-state index is 0.0368. The minimum Gasteiger partial charge on any atom is -0.289 e. The molecule has 90 valence electrons. The molecule has 0 aliphatic heterocycles. The van der Waals surface area contributed by atoms with E-state index in [1.807, 2.05) is 66.9 Å². The number of hydrogen-bond donors (Lipinski definition) is 0. The molecule has 0 unspecified atom stereocenters. The molecular weight excluding hydrogens is 240 g/mol. The van der Waals surface area contributed by atoms with Gasteiger partial charge in [-0.1, -0.05) is 48.5 Å². The molecule has 0 aliphatic carbocycles. The lowest BCUT2D eigenvalue weighted by molar-refractivity contribution is 0.104. The number of hydrogen-bond acceptors (Lipinski definition) is 2. The predicted molar refractivity (Wildman–Crippen MR) is 78.0 cm³/mol. The highest BCUT2D eigenvalue weighted by atomic mass is 32.2. The number of rotatable bonds is 4. The van der Waals surface area contributed by atoms with Gasteiger partial charge >= 0.3 is 0 Å². The molecule has 0 fully saturated rings. The van der Waals surface area contributed by atoms with Crippen molar-refractivity contribution in [1.82, 2.24) is 0 Å². The Kier molecular flexibility index (Phi) is 4.37. The van der Waals surface area contributed by atoms with Crippen LogP contribution < -0.4 is 0 Å². The summed E-state index contributed by atoms with van der Waals surface area (Å²) in [7, 11) is 0. The second-order valence-electron chi connectivity index (χ2n) is 3.84. The van der Waals surface area contributed by atoms with Crippen LogP contribution in [-0.2, 0) is 0 Å². The summed E-state index contributed by atoms with van der Waals surface area (Å²) in [4.78, 5) is 13.1. The highest BCUT2D eigenvalue weighted by molar-refractivity contribution is 7.98. The molecule has 2 rings (SSSR count). The maximum absolute atomic E-state index is 12.0. The van der Waals surface area contributed by atoms with Gasteiger partial charge < -0.3 is 0 Å². The molecule has 2 aromatic rings. The van der Waals surface area contributed by atoms with Crippen molar-refractivity contribution in [3.05, 3.63) is 71.8 Å². The maximum Gasteiger partial charge on any atom is 0.185 e. The number of carbonyl (C=O) groups excluding carboxylic acids is 1. The number of thioether (sulfide) groups is 1. The van der Waals surface area contributed by atoms with Crippen LogP contribution in [0.1, 0.15) is 15.9 Å². The van der Waals surface area contributed by atoms with E-state index >= 15 is 0 Å². The zero-order chi connectivity index (χ0) is 12.8. The minimum absolute atomic E-state index is 0.0368. The van der Waals surface area contributed by atoms with Crippen molar-refractivity contribution in [1.29, 1.82) is 0 Å². The van der Waals surface area contributed by atoms with Gasteiger partial charge in [-0.15, -0.1) is 11.8 Å². The van der Waals surface area contributed by atoms with E-state index in [1.165, 1.54) is 0 Å². The van der Waals surface area contributed by atoms with E-state index in [-0.39, 0.29) is 5.78 Å². The van der Waals surface area contributed by atoms with Crippen LogP contribution in [0.25, 0.3) is 6.08 Å². The molecule has 0 saturated carbocycles. The van der Waals surface area contributed by atoms with Crippen LogP contribution in [0.5, 0.6) is 0 Å². The first kappa shape index (κ1) is 12.7. The third-order valence-electron chi connectivity index (χ3n) is 2.58. The number of ketones is 1. The smallest absolute Gasteiger partial charge is 0.185 e. The summed E-state index contributed by atoms with van der Waals surface area (Å²) in [6, 6.07) is 17.5. The van der Waals surface area contributed by atoms with Crippen molar-refractivity contribution in [3.63, 3.8) is 0 Å². The van der Waals surface area contributed by atoms with Crippen LogP contribution in [0.15, 0.2) is 65.6 Å². The summed E-state index contributed by atoms with van der Waals surface area (Å²) in [6.45, 7) is 0. The normalized spacial score (nSPS) is 10.7. The van der Waals surface area contributed by atoms with Crippen molar-refractivity contribution in [2.75, 3.05) is 6.26 Å². The second kappa shape index (κ2) is 6.22. The van der Waals surface area contributed by atoms with Gasteiger partial charge in [-0.3, -0.25) is 4.79 Å². The Hall–Kier alpha value is -1.80. The van der Waals surface area contributed by atoms with Gasteiger partial charge in [-0.05, 0) is 30.0 Å². The van der Waals surface area contributed by atoms with Gasteiger partial charge in [0, 0.05) is 10.5 Å². The zero-order valence-electron chi connectivity index (χ0n) is 10.2. The van der Waals surface area contributed by atoms with E-state index in [4.69, 9.17) is 0 Å². The third-order valence-corrected chi connectivity index (χ3v) is 3.31. The molecule has 0 atom stereocenters. The van der Waals surface area contributed by atoms with Crippen LogP contribution in [0.4, 0.5) is 0 Å². The summed E-state index contributed by atoms with van der Waals surface area (Å²) in [5.74, 6) is 0.0368.